The number of hydrogen-bond donors (Lipinski definition) is 0. The summed E-state index contributed by atoms with van der Waals surface area (Å²) in [6.45, 7) is 0.246. The molecule has 3 aliphatic heterocycles. The highest BCUT2D eigenvalue weighted by atomic mass is 32.2. The number of fused-ring (bicyclic) bond motifs is 2. The number of hydrogen-bond acceptors (Lipinski definition) is 10. The fraction of sp³-hybridized carbons (Fsp3) is 0.0714. The van der Waals surface area contributed by atoms with E-state index in [1.165, 1.54) is 28.8 Å². The molecule has 4 aromatic rings. The first-order valence-electron chi connectivity index (χ1n) is 12.0. The molecule has 0 radical (unpaired) electrons. The second-order valence-electron chi connectivity index (χ2n) is 8.73. The van der Waals surface area contributed by atoms with E-state index in [9.17, 15) is 14.9 Å². The predicted octanol–water partition coefficient (Wildman–Crippen LogP) is 6.12. The zero-order chi connectivity index (χ0) is 27.2. The smallest absolute Gasteiger partial charge is 0.271 e. The molecular formula is C28H17N3O8S. The van der Waals surface area contributed by atoms with Crippen molar-refractivity contribution in [1.82, 2.24) is 0 Å². The Morgan fingerprint density at radius 1 is 0.875 bits per heavy atom. The van der Waals surface area contributed by atoms with E-state index < -0.39 is 4.92 Å². The van der Waals surface area contributed by atoms with Gasteiger partial charge in [0.15, 0.2) is 28.2 Å². The molecule has 0 bridgehead atoms. The number of ether oxygens (including phenoxy) is 4. The first kappa shape index (κ1) is 23.9. The molecule has 4 heterocycles. The largest absolute Gasteiger partial charge is 0.457 e. The summed E-state index contributed by atoms with van der Waals surface area (Å²) >= 11 is 1.18. The van der Waals surface area contributed by atoms with E-state index in [-0.39, 0.29) is 25.2 Å². The molecule has 3 aromatic carbocycles. The van der Waals surface area contributed by atoms with Crippen molar-refractivity contribution >= 4 is 46.0 Å². The van der Waals surface area contributed by atoms with Crippen LogP contribution in [0.2, 0.25) is 0 Å². The number of nitro groups is 1. The van der Waals surface area contributed by atoms with E-state index in [1.54, 1.807) is 66.7 Å². The third kappa shape index (κ3) is 4.29. The topological polar surface area (TPSA) is 126 Å². The molecule has 12 heteroatoms. The molecule has 11 nitrogen and oxygen atoms in total. The van der Waals surface area contributed by atoms with Gasteiger partial charge in [-0.25, -0.2) is 4.99 Å². The van der Waals surface area contributed by atoms with Crippen LogP contribution in [0.1, 0.15) is 5.76 Å². The number of nitro benzene ring substituents is 1. The molecule has 0 N–H and O–H groups in total. The van der Waals surface area contributed by atoms with Gasteiger partial charge in [-0.2, -0.15) is 0 Å². The SMILES string of the molecule is O=C1C(=Cc2ccc(-c3cccc([N+](=O)[O-])c3)o2)SC(=Nc2ccc3c(c2)OCO3)N1c1ccc2c(c1)OCO2. The van der Waals surface area contributed by atoms with Crippen LogP contribution in [0.15, 0.2) is 87.1 Å². The molecule has 3 aliphatic rings. The van der Waals surface area contributed by atoms with Gasteiger partial charge in [0.1, 0.15) is 11.5 Å². The van der Waals surface area contributed by atoms with E-state index >= 15 is 0 Å². The van der Waals surface area contributed by atoms with Crippen molar-refractivity contribution in [2.24, 2.45) is 4.99 Å². The number of rotatable bonds is 5. The van der Waals surface area contributed by atoms with Crippen LogP contribution in [-0.4, -0.2) is 29.6 Å². The zero-order valence-corrected chi connectivity index (χ0v) is 21.3. The van der Waals surface area contributed by atoms with Crippen molar-refractivity contribution in [2.45, 2.75) is 0 Å². The quantitative estimate of drug-likeness (QED) is 0.163. The van der Waals surface area contributed by atoms with E-state index in [0.717, 1.165) is 0 Å². The second-order valence-corrected chi connectivity index (χ2v) is 9.74. The summed E-state index contributed by atoms with van der Waals surface area (Å²) in [6, 6.07) is 20.1. The minimum Gasteiger partial charge on any atom is -0.457 e. The fourth-order valence-electron chi connectivity index (χ4n) is 4.35. The summed E-state index contributed by atoms with van der Waals surface area (Å²) in [5, 5.41) is 11.6. The number of benzene rings is 3. The van der Waals surface area contributed by atoms with Crippen molar-refractivity contribution in [1.29, 1.82) is 0 Å². The Balaban J connectivity index is 1.25. The first-order valence-corrected chi connectivity index (χ1v) is 12.8. The lowest BCUT2D eigenvalue weighted by atomic mass is 10.1. The summed E-state index contributed by atoms with van der Waals surface area (Å²) in [4.78, 5) is 31.0. The Labute approximate surface area is 230 Å². The van der Waals surface area contributed by atoms with Crippen LogP contribution in [0.3, 0.4) is 0 Å². The van der Waals surface area contributed by atoms with Gasteiger partial charge < -0.3 is 23.4 Å². The van der Waals surface area contributed by atoms with Crippen LogP contribution in [0.5, 0.6) is 23.0 Å². The molecule has 40 heavy (non-hydrogen) atoms. The van der Waals surface area contributed by atoms with Gasteiger partial charge in [0.2, 0.25) is 13.6 Å². The molecule has 0 saturated carbocycles. The molecule has 1 aromatic heterocycles. The van der Waals surface area contributed by atoms with Gasteiger partial charge in [-0.15, -0.1) is 0 Å². The minimum absolute atomic E-state index is 0.0425. The Kier molecular flexibility index (Phi) is 5.67. The molecule has 1 fully saturated rings. The van der Waals surface area contributed by atoms with E-state index in [1.807, 2.05) is 0 Å². The molecule has 0 spiro atoms. The van der Waals surface area contributed by atoms with Crippen LogP contribution in [-0.2, 0) is 4.79 Å². The summed E-state index contributed by atoms with van der Waals surface area (Å²) in [5.41, 5.74) is 1.65. The monoisotopic (exact) mass is 555 g/mol. The number of furan rings is 1. The van der Waals surface area contributed by atoms with Crippen LogP contribution < -0.4 is 23.8 Å². The van der Waals surface area contributed by atoms with Crippen molar-refractivity contribution in [3.8, 4) is 34.3 Å². The maximum atomic E-state index is 13.7. The number of non-ortho nitro benzene ring substituents is 1. The highest BCUT2D eigenvalue weighted by Gasteiger charge is 2.36. The van der Waals surface area contributed by atoms with Crippen LogP contribution in [0.4, 0.5) is 17.1 Å². The molecule has 198 valence electrons. The molecule has 0 aliphatic carbocycles. The molecule has 1 amide bonds. The highest BCUT2D eigenvalue weighted by molar-refractivity contribution is 8.19. The predicted molar refractivity (Wildman–Crippen MR) is 146 cm³/mol. The molecular weight excluding hydrogens is 538 g/mol. The summed E-state index contributed by atoms with van der Waals surface area (Å²) in [5.74, 6) is 2.87. The number of nitrogens with zero attached hydrogens (tertiary/aromatic N) is 3. The Morgan fingerprint density at radius 2 is 1.62 bits per heavy atom. The lowest BCUT2D eigenvalue weighted by molar-refractivity contribution is -0.384. The van der Waals surface area contributed by atoms with Gasteiger partial charge in [0.25, 0.3) is 11.6 Å². The van der Waals surface area contributed by atoms with Crippen molar-refractivity contribution < 1.29 is 33.1 Å². The number of amides is 1. The molecule has 1 saturated heterocycles. The number of amidine groups is 1. The third-order valence-corrected chi connectivity index (χ3v) is 7.21. The Morgan fingerprint density at radius 3 is 2.42 bits per heavy atom. The Bertz CT molecular complexity index is 1760. The maximum Gasteiger partial charge on any atom is 0.271 e. The molecule has 0 unspecified atom stereocenters. The maximum absolute atomic E-state index is 13.7. The second kappa shape index (κ2) is 9.50. The van der Waals surface area contributed by atoms with E-state index in [2.05, 4.69) is 0 Å². The average Bonchev–Trinajstić information content (AvgIpc) is 3.76. The number of carbonyl (C=O) groups excluding carboxylic acids is 1. The summed E-state index contributed by atoms with van der Waals surface area (Å²) in [7, 11) is 0. The standard InChI is InChI=1S/C28H17N3O8S/c32-27-26(13-20-6-9-21(39-20)16-2-1-3-19(10-16)31(33)34)40-28(29-17-4-7-22-24(11-17)37-14-35-22)30(27)18-5-8-23-25(12-18)38-15-36-23/h1-13H,14-15H2. The number of anilines is 1. The lowest BCUT2D eigenvalue weighted by Gasteiger charge is -2.16. The van der Waals surface area contributed by atoms with Crippen molar-refractivity contribution in [2.75, 3.05) is 18.5 Å². The van der Waals surface area contributed by atoms with Gasteiger partial charge >= 0.3 is 0 Å². The highest BCUT2D eigenvalue weighted by Crippen LogP contribution is 2.43. The molecule has 7 rings (SSSR count). The van der Waals surface area contributed by atoms with Gasteiger partial charge in [0, 0.05) is 35.9 Å². The van der Waals surface area contributed by atoms with Crippen molar-refractivity contribution in [3.63, 3.8) is 0 Å². The number of aliphatic imine (C=N–C) groups is 1. The normalized spacial score (nSPS) is 17.3. The first-order chi connectivity index (χ1) is 19.5. The van der Waals surface area contributed by atoms with Gasteiger partial charge in [0.05, 0.1) is 21.2 Å². The third-order valence-electron chi connectivity index (χ3n) is 6.24. The van der Waals surface area contributed by atoms with Gasteiger partial charge in [-0.05, 0) is 48.2 Å². The molecule has 0 atom stereocenters. The van der Waals surface area contributed by atoms with E-state index in [4.69, 9.17) is 28.4 Å². The zero-order valence-electron chi connectivity index (χ0n) is 20.4. The van der Waals surface area contributed by atoms with Crippen molar-refractivity contribution in [3.05, 3.63) is 93.6 Å². The summed E-state index contributed by atoms with van der Waals surface area (Å²) in [6.07, 6.45) is 1.62. The summed E-state index contributed by atoms with van der Waals surface area (Å²) < 4.78 is 27.7. The number of carbonyl (C=O) groups is 1. The minimum atomic E-state index is -0.463. The van der Waals surface area contributed by atoms with Gasteiger partial charge in [-0.3, -0.25) is 19.8 Å². The van der Waals surface area contributed by atoms with E-state index in [0.29, 0.717) is 61.5 Å². The van der Waals surface area contributed by atoms with Gasteiger partial charge in [-0.1, -0.05) is 12.1 Å². The average molecular weight is 556 g/mol. The van der Waals surface area contributed by atoms with Crippen LogP contribution in [0.25, 0.3) is 17.4 Å². The lowest BCUT2D eigenvalue weighted by Crippen LogP contribution is -2.28. The fourth-order valence-corrected chi connectivity index (χ4v) is 5.33. The number of thioether (sulfide) groups is 1. The van der Waals surface area contributed by atoms with Crippen LogP contribution >= 0.6 is 11.8 Å². The van der Waals surface area contributed by atoms with Crippen LogP contribution in [0, 0.1) is 10.1 Å². The Hall–Kier alpha value is -5.23.